The van der Waals surface area contributed by atoms with Gasteiger partial charge in [0.2, 0.25) is 0 Å². The molecule has 2 aliphatic heterocycles. The fraction of sp³-hybridized carbons (Fsp3) is 0.500. The lowest BCUT2D eigenvalue weighted by Gasteiger charge is -2.26. The van der Waals surface area contributed by atoms with Crippen molar-refractivity contribution in [1.82, 2.24) is 5.32 Å². The molecule has 0 radical (unpaired) electrons. The van der Waals surface area contributed by atoms with Crippen molar-refractivity contribution in [2.75, 3.05) is 13.2 Å². The summed E-state index contributed by atoms with van der Waals surface area (Å²) in [7, 11) is 0. The molecule has 0 bridgehead atoms. The highest BCUT2D eigenvalue weighted by Crippen LogP contribution is 2.38. The molecule has 2 aliphatic rings. The molecule has 74 valence electrons. The molecule has 1 aromatic rings. The molecular weight excluding hydrogens is 174 g/mol. The first-order valence-electron chi connectivity index (χ1n) is 5.40. The Morgan fingerprint density at radius 1 is 1.29 bits per heavy atom. The second kappa shape index (κ2) is 3.28. The van der Waals surface area contributed by atoms with Crippen molar-refractivity contribution in [1.29, 1.82) is 0 Å². The molecule has 0 saturated carbocycles. The van der Waals surface area contributed by atoms with Gasteiger partial charge in [-0.3, -0.25) is 0 Å². The average Bonchev–Trinajstić information content (AvgIpc) is 2.44. The van der Waals surface area contributed by atoms with Crippen LogP contribution >= 0.6 is 0 Å². The van der Waals surface area contributed by atoms with Gasteiger partial charge in [0.05, 0.1) is 6.61 Å². The molecule has 1 aromatic carbocycles. The van der Waals surface area contributed by atoms with Crippen molar-refractivity contribution >= 4 is 0 Å². The molecule has 0 aromatic heterocycles. The molecule has 1 N–H and O–H groups in total. The maximum absolute atomic E-state index is 5.70. The highest BCUT2D eigenvalue weighted by molar-refractivity contribution is 5.44. The Kier molecular flexibility index (Phi) is 1.95. The zero-order chi connectivity index (χ0) is 9.38. The number of benzene rings is 1. The highest BCUT2D eigenvalue weighted by Gasteiger charge is 2.25. The smallest absolute Gasteiger partial charge is 0.123 e. The van der Waals surface area contributed by atoms with Crippen molar-refractivity contribution in [3.63, 3.8) is 0 Å². The summed E-state index contributed by atoms with van der Waals surface area (Å²) in [6.45, 7) is 3.03. The molecule has 2 heterocycles. The van der Waals surface area contributed by atoms with E-state index in [0.29, 0.717) is 0 Å². The summed E-state index contributed by atoms with van der Waals surface area (Å²) in [5.41, 5.74) is 2.91. The Hall–Kier alpha value is -1.02. The molecule has 0 aliphatic carbocycles. The summed E-state index contributed by atoms with van der Waals surface area (Å²) in [4.78, 5) is 0. The normalized spacial score (nSPS) is 24.7. The lowest BCUT2D eigenvalue weighted by atomic mass is 9.88. The van der Waals surface area contributed by atoms with Crippen LogP contribution in [0.15, 0.2) is 18.2 Å². The first-order valence-corrected chi connectivity index (χ1v) is 5.40. The summed E-state index contributed by atoms with van der Waals surface area (Å²) < 4.78 is 5.70. The van der Waals surface area contributed by atoms with E-state index in [1.807, 2.05) is 0 Å². The minimum Gasteiger partial charge on any atom is -0.493 e. The van der Waals surface area contributed by atoms with Crippen LogP contribution in [0.3, 0.4) is 0 Å². The Bertz CT molecular complexity index is 348. The standard InChI is InChI=1S/C12H15NO/c1-2-10-8-13-6-4-9-5-7-14-11(3-1)12(9)10/h1-3,9,13H,4-8H2. The Balaban J connectivity index is 2.14. The van der Waals surface area contributed by atoms with Crippen LogP contribution in [-0.2, 0) is 6.54 Å². The van der Waals surface area contributed by atoms with Crippen LogP contribution < -0.4 is 10.1 Å². The van der Waals surface area contributed by atoms with E-state index in [2.05, 4.69) is 23.5 Å². The van der Waals surface area contributed by atoms with E-state index in [1.54, 1.807) is 0 Å². The maximum atomic E-state index is 5.70. The SMILES string of the molecule is c1cc2c3c(c1)OCCC3CCNC2. The van der Waals surface area contributed by atoms with Crippen LogP contribution in [0.5, 0.6) is 5.75 Å². The van der Waals surface area contributed by atoms with Gasteiger partial charge in [0.25, 0.3) is 0 Å². The Morgan fingerprint density at radius 3 is 3.29 bits per heavy atom. The van der Waals surface area contributed by atoms with E-state index in [9.17, 15) is 0 Å². The van der Waals surface area contributed by atoms with Crippen LogP contribution in [0.4, 0.5) is 0 Å². The molecule has 2 heteroatoms. The van der Waals surface area contributed by atoms with Gasteiger partial charge < -0.3 is 10.1 Å². The molecule has 1 unspecified atom stereocenters. The van der Waals surface area contributed by atoms with Crippen molar-refractivity contribution in [3.8, 4) is 5.75 Å². The van der Waals surface area contributed by atoms with Gasteiger partial charge in [0.1, 0.15) is 5.75 Å². The Labute approximate surface area is 84.3 Å². The molecule has 0 fully saturated rings. The number of ether oxygens (including phenoxy) is 1. The zero-order valence-electron chi connectivity index (χ0n) is 8.25. The molecule has 14 heavy (non-hydrogen) atoms. The molecule has 2 nitrogen and oxygen atoms in total. The topological polar surface area (TPSA) is 21.3 Å². The minimum absolute atomic E-state index is 0.727. The number of hydrogen-bond donors (Lipinski definition) is 1. The molecule has 3 rings (SSSR count). The van der Waals surface area contributed by atoms with Gasteiger partial charge in [0.15, 0.2) is 0 Å². The van der Waals surface area contributed by atoms with Gasteiger partial charge in [-0.25, -0.2) is 0 Å². The quantitative estimate of drug-likeness (QED) is 0.674. The fourth-order valence-corrected chi connectivity index (χ4v) is 2.58. The van der Waals surface area contributed by atoms with E-state index >= 15 is 0 Å². The average molecular weight is 189 g/mol. The van der Waals surface area contributed by atoms with Gasteiger partial charge in [-0.2, -0.15) is 0 Å². The lowest BCUT2D eigenvalue weighted by molar-refractivity contribution is 0.264. The number of nitrogens with one attached hydrogen (secondary N) is 1. The zero-order valence-corrected chi connectivity index (χ0v) is 8.25. The summed E-state index contributed by atoms with van der Waals surface area (Å²) >= 11 is 0. The van der Waals surface area contributed by atoms with Crippen molar-refractivity contribution in [2.45, 2.75) is 25.3 Å². The number of hydrogen-bond acceptors (Lipinski definition) is 2. The second-order valence-corrected chi connectivity index (χ2v) is 4.13. The number of rotatable bonds is 0. The van der Waals surface area contributed by atoms with Crippen LogP contribution in [-0.4, -0.2) is 13.2 Å². The van der Waals surface area contributed by atoms with Crippen LogP contribution in [0.1, 0.15) is 29.9 Å². The third kappa shape index (κ3) is 1.22. The van der Waals surface area contributed by atoms with Crippen molar-refractivity contribution in [3.05, 3.63) is 29.3 Å². The van der Waals surface area contributed by atoms with E-state index in [0.717, 1.165) is 31.4 Å². The van der Waals surface area contributed by atoms with E-state index in [4.69, 9.17) is 4.74 Å². The fourth-order valence-electron chi connectivity index (χ4n) is 2.58. The van der Waals surface area contributed by atoms with Crippen molar-refractivity contribution < 1.29 is 4.74 Å². The first-order chi connectivity index (χ1) is 6.95. The van der Waals surface area contributed by atoms with Gasteiger partial charge in [0, 0.05) is 12.1 Å². The predicted octanol–water partition coefficient (Wildman–Crippen LogP) is 2.05. The third-order valence-corrected chi connectivity index (χ3v) is 3.27. The molecule has 0 amide bonds. The monoisotopic (exact) mass is 189 g/mol. The van der Waals surface area contributed by atoms with Crippen LogP contribution in [0, 0.1) is 0 Å². The first kappa shape index (κ1) is 8.30. The summed E-state index contributed by atoms with van der Waals surface area (Å²) in [6, 6.07) is 6.43. The van der Waals surface area contributed by atoms with Crippen LogP contribution in [0.2, 0.25) is 0 Å². The summed E-state index contributed by atoms with van der Waals surface area (Å²) in [5, 5.41) is 3.47. The van der Waals surface area contributed by atoms with Gasteiger partial charge in [-0.05, 0) is 36.9 Å². The van der Waals surface area contributed by atoms with Crippen molar-refractivity contribution in [2.24, 2.45) is 0 Å². The minimum atomic E-state index is 0.727. The van der Waals surface area contributed by atoms with E-state index in [1.165, 1.54) is 24.0 Å². The van der Waals surface area contributed by atoms with Crippen LogP contribution in [0.25, 0.3) is 0 Å². The second-order valence-electron chi connectivity index (χ2n) is 4.13. The van der Waals surface area contributed by atoms with Gasteiger partial charge >= 0.3 is 0 Å². The molecule has 0 spiro atoms. The summed E-state index contributed by atoms with van der Waals surface area (Å²) in [5.74, 6) is 1.85. The maximum Gasteiger partial charge on any atom is 0.123 e. The largest absolute Gasteiger partial charge is 0.493 e. The van der Waals surface area contributed by atoms with E-state index < -0.39 is 0 Å². The summed E-state index contributed by atoms with van der Waals surface area (Å²) in [6.07, 6.45) is 2.44. The van der Waals surface area contributed by atoms with Gasteiger partial charge in [-0.15, -0.1) is 0 Å². The molecular formula is C12H15NO. The lowest BCUT2D eigenvalue weighted by Crippen LogP contribution is -2.15. The highest BCUT2D eigenvalue weighted by atomic mass is 16.5. The third-order valence-electron chi connectivity index (χ3n) is 3.27. The van der Waals surface area contributed by atoms with Gasteiger partial charge in [-0.1, -0.05) is 12.1 Å². The molecule has 0 saturated heterocycles. The predicted molar refractivity (Wildman–Crippen MR) is 55.6 cm³/mol. The molecule has 1 atom stereocenters. The Morgan fingerprint density at radius 2 is 2.29 bits per heavy atom. The van der Waals surface area contributed by atoms with E-state index in [-0.39, 0.29) is 0 Å².